The van der Waals surface area contributed by atoms with Crippen molar-refractivity contribution in [3.05, 3.63) is 12.1 Å². The first-order valence-corrected chi connectivity index (χ1v) is 4.61. The van der Waals surface area contributed by atoms with E-state index in [9.17, 15) is 5.11 Å². The van der Waals surface area contributed by atoms with Crippen LogP contribution in [0.15, 0.2) is 12.1 Å². The van der Waals surface area contributed by atoms with Crippen molar-refractivity contribution in [1.82, 2.24) is 25.3 Å². The van der Waals surface area contributed by atoms with Crippen molar-refractivity contribution in [2.45, 2.75) is 13.0 Å². The zero-order valence-corrected chi connectivity index (χ0v) is 8.57. The minimum absolute atomic E-state index is 0.402. The van der Waals surface area contributed by atoms with Gasteiger partial charge in [-0.3, -0.25) is 0 Å². The van der Waals surface area contributed by atoms with Crippen molar-refractivity contribution >= 4 is 11.5 Å². The number of nitrogens with zero attached hydrogens (tertiary/aromatic N) is 6. The highest BCUT2D eigenvalue weighted by molar-refractivity contribution is 5.43. The molecular formula is C8H12N6O. The molecule has 2 aromatic rings. The molecule has 0 aromatic carbocycles. The van der Waals surface area contributed by atoms with E-state index in [4.69, 9.17) is 0 Å². The first-order chi connectivity index (χ1) is 7.16. The molecule has 0 aliphatic rings. The van der Waals surface area contributed by atoms with Gasteiger partial charge in [-0.15, -0.1) is 14.8 Å². The summed E-state index contributed by atoms with van der Waals surface area (Å²) in [5.41, 5.74) is 0.601. The lowest BCUT2D eigenvalue weighted by atomic mass is 10.3. The van der Waals surface area contributed by atoms with Crippen molar-refractivity contribution in [2.24, 2.45) is 0 Å². The van der Waals surface area contributed by atoms with E-state index in [1.807, 2.05) is 18.0 Å². The molecule has 0 saturated carbocycles. The Morgan fingerprint density at radius 1 is 1.53 bits per heavy atom. The Bertz CT molecular complexity index is 453. The molecular weight excluding hydrogens is 196 g/mol. The predicted octanol–water partition coefficient (Wildman–Crippen LogP) is -0.664. The molecule has 0 fully saturated rings. The number of hydrogen-bond acceptors (Lipinski definition) is 6. The largest absolute Gasteiger partial charge is 0.392 e. The molecule has 0 aliphatic heterocycles. The van der Waals surface area contributed by atoms with Gasteiger partial charge in [0.1, 0.15) is 0 Å². The van der Waals surface area contributed by atoms with Gasteiger partial charge in [-0.05, 0) is 29.5 Å². The molecule has 0 bridgehead atoms. The van der Waals surface area contributed by atoms with Crippen LogP contribution in [-0.4, -0.2) is 50.1 Å². The van der Waals surface area contributed by atoms with E-state index in [0.29, 0.717) is 12.2 Å². The number of aliphatic hydroxyl groups excluding tert-OH is 1. The summed E-state index contributed by atoms with van der Waals surface area (Å²) in [7, 11) is 1.85. The highest BCUT2D eigenvalue weighted by Gasteiger charge is 2.07. The Morgan fingerprint density at radius 3 is 3.07 bits per heavy atom. The van der Waals surface area contributed by atoms with Crippen LogP contribution in [0.1, 0.15) is 6.92 Å². The Kier molecular flexibility index (Phi) is 2.46. The number of rotatable bonds is 3. The van der Waals surface area contributed by atoms with E-state index in [1.54, 1.807) is 13.0 Å². The average molecular weight is 208 g/mol. The van der Waals surface area contributed by atoms with E-state index >= 15 is 0 Å². The average Bonchev–Trinajstić information content (AvgIpc) is 2.62. The van der Waals surface area contributed by atoms with Crippen LogP contribution < -0.4 is 4.90 Å². The molecule has 0 amide bonds. The zero-order chi connectivity index (χ0) is 10.8. The molecule has 1 N–H and O–H groups in total. The Hall–Kier alpha value is -1.76. The van der Waals surface area contributed by atoms with Crippen molar-refractivity contribution < 1.29 is 5.11 Å². The number of fused-ring (bicyclic) bond motifs is 1. The lowest BCUT2D eigenvalue weighted by molar-refractivity contribution is 0.201. The molecule has 7 nitrogen and oxygen atoms in total. The molecule has 0 spiro atoms. The van der Waals surface area contributed by atoms with Crippen molar-refractivity contribution in [3.63, 3.8) is 0 Å². The van der Waals surface area contributed by atoms with Crippen molar-refractivity contribution in [1.29, 1.82) is 0 Å². The third-order valence-electron chi connectivity index (χ3n) is 1.98. The molecule has 15 heavy (non-hydrogen) atoms. The smallest absolute Gasteiger partial charge is 0.200 e. The molecule has 2 heterocycles. The highest BCUT2D eigenvalue weighted by Crippen LogP contribution is 2.08. The number of tetrazole rings is 1. The molecule has 2 rings (SSSR count). The van der Waals surface area contributed by atoms with Gasteiger partial charge in [0, 0.05) is 13.6 Å². The van der Waals surface area contributed by atoms with Gasteiger partial charge >= 0.3 is 0 Å². The lowest BCUT2D eigenvalue weighted by Crippen LogP contribution is -2.28. The molecule has 0 saturated heterocycles. The molecule has 7 heteroatoms. The quantitative estimate of drug-likeness (QED) is 0.721. The van der Waals surface area contributed by atoms with Gasteiger partial charge < -0.3 is 10.0 Å². The summed E-state index contributed by atoms with van der Waals surface area (Å²) in [4.78, 5) is 1.84. The topological polar surface area (TPSA) is 79.4 Å². The van der Waals surface area contributed by atoms with E-state index in [1.165, 1.54) is 4.63 Å². The SMILES string of the molecule is CC(O)CN(C)c1ccc2nnnn2n1. The maximum atomic E-state index is 9.24. The second kappa shape index (κ2) is 3.77. The molecule has 2 aromatic heterocycles. The predicted molar refractivity (Wildman–Crippen MR) is 53.5 cm³/mol. The third kappa shape index (κ3) is 2.01. The normalized spacial score (nSPS) is 13.0. The Labute approximate surface area is 86.3 Å². The van der Waals surface area contributed by atoms with Crippen LogP contribution in [0.5, 0.6) is 0 Å². The summed E-state index contributed by atoms with van der Waals surface area (Å²) in [5, 5.41) is 24.4. The van der Waals surface area contributed by atoms with Crippen molar-refractivity contribution in [3.8, 4) is 0 Å². The summed E-state index contributed by atoms with van der Waals surface area (Å²) >= 11 is 0. The van der Waals surface area contributed by atoms with Crippen LogP contribution in [-0.2, 0) is 0 Å². The van der Waals surface area contributed by atoms with Crippen LogP contribution in [0, 0.1) is 0 Å². The molecule has 1 unspecified atom stereocenters. The van der Waals surface area contributed by atoms with Gasteiger partial charge in [-0.2, -0.15) is 0 Å². The van der Waals surface area contributed by atoms with Crippen LogP contribution in [0.4, 0.5) is 5.82 Å². The van der Waals surface area contributed by atoms with Crippen molar-refractivity contribution in [2.75, 3.05) is 18.5 Å². The molecule has 0 aliphatic carbocycles. The second-order valence-electron chi connectivity index (χ2n) is 3.45. The fraction of sp³-hybridized carbons (Fsp3) is 0.500. The summed E-state index contributed by atoms with van der Waals surface area (Å²) in [5.74, 6) is 0.718. The second-order valence-corrected chi connectivity index (χ2v) is 3.45. The minimum Gasteiger partial charge on any atom is -0.392 e. The number of hydrogen-bond donors (Lipinski definition) is 1. The van der Waals surface area contributed by atoms with Crippen LogP contribution in [0.25, 0.3) is 5.65 Å². The summed E-state index contributed by atoms with van der Waals surface area (Å²) < 4.78 is 1.36. The van der Waals surface area contributed by atoms with Gasteiger partial charge in [0.2, 0.25) is 0 Å². The van der Waals surface area contributed by atoms with Gasteiger partial charge in [0.05, 0.1) is 6.10 Å². The monoisotopic (exact) mass is 208 g/mol. The number of likely N-dealkylation sites (N-methyl/N-ethyl adjacent to an activating group) is 1. The third-order valence-corrected chi connectivity index (χ3v) is 1.98. The maximum Gasteiger partial charge on any atom is 0.200 e. The number of anilines is 1. The van der Waals surface area contributed by atoms with Gasteiger partial charge in [0.15, 0.2) is 11.5 Å². The maximum absolute atomic E-state index is 9.24. The standard InChI is InChI=1S/C8H12N6O/c1-6(15)5-13(2)8-4-3-7-9-11-12-14(7)10-8/h3-4,6,15H,5H2,1-2H3. The zero-order valence-electron chi connectivity index (χ0n) is 8.57. The fourth-order valence-corrected chi connectivity index (χ4v) is 1.33. The minimum atomic E-state index is -0.402. The van der Waals surface area contributed by atoms with Gasteiger partial charge in [-0.25, -0.2) is 0 Å². The van der Waals surface area contributed by atoms with Gasteiger partial charge in [0.25, 0.3) is 0 Å². The first kappa shape index (κ1) is 9.78. The van der Waals surface area contributed by atoms with Crippen LogP contribution in [0.3, 0.4) is 0 Å². The van der Waals surface area contributed by atoms with Crippen LogP contribution >= 0.6 is 0 Å². The highest BCUT2D eigenvalue weighted by atomic mass is 16.3. The van der Waals surface area contributed by atoms with Crippen LogP contribution in [0.2, 0.25) is 0 Å². The van der Waals surface area contributed by atoms with E-state index in [-0.39, 0.29) is 0 Å². The Balaban J connectivity index is 2.27. The number of aromatic nitrogens is 5. The molecule has 80 valence electrons. The first-order valence-electron chi connectivity index (χ1n) is 4.61. The van der Waals surface area contributed by atoms with E-state index in [0.717, 1.165) is 5.82 Å². The fourth-order valence-electron chi connectivity index (χ4n) is 1.33. The van der Waals surface area contributed by atoms with Gasteiger partial charge in [-0.1, -0.05) is 0 Å². The molecule has 0 radical (unpaired) electrons. The molecule has 1 atom stereocenters. The Morgan fingerprint density at radius 2 is 2.33 bits per heavy atom. The summed E-state index contributed by atoms with van der Waals surface area (Å²) in [6.07, 6.45) is -0.402. The number of aliphatic hydroxyl groups is 1. The van der Waals surface area contributed by atoms with E-state index < -0.39 is 6.10 Å². The lowest BCUT2D eigenvalue weighted by Gasteiger charge is -2.18. The van der Waals surface area contributed by atoms with E-state index in [2.05, 4.69) is 20.6 Å². The summed E-state index contributed by atoms with van der Waals surface area (Å²) in [6, 6.07) is 3.59. The summed E-state index contributed by atoms with van der Waals surface area (Å²) in [6.45, 7) is 2.24.